The van der Waals surface area contributed by atoms with Crippen molar-refractivity contribution in [1.82, 2.24) is 9.55 Å². The van der Waals surface area contributed by atoms with Crippen molar-refractivity contribution in [3.05, 3.63) is 29.6 Å². The van der Waals surface area contributed by atoms with Gasteiger partial charge in [0.2, 0.25) is 5.82 Å². The van der Waals surface area contributed by atoms with Gasteiger partial charge in [-0.05, 0) is 18.2 Å². The first-order valence-electron chi connectivity index (χ1n) is 4.44. The third kappa shape index (κ3) is 1.40. The summed E-state index contributed by atoms with van der Waals surface area (Å²) in [7, 11) is 1.53. The van der Waals surface area contributed by atoms with Gasteiger partial charge < -0.3 is 14.8 Å². The van der Waals surface area contributed by atoms with Crippen molar-refractivity contribution in [2.45, 2.75) is 0 Å². The molecule has 0 aliphatic carbocycles. The maximum absolute atomic E-state index is 10.8. The van der Waals surface area contributed by atoms with Crippen LogP contribution in [0.3, 0.4) is 0 Å². The molecule has 2 aromatic rings. The van der Waals surface area contributed by atoms with Gasteiger partial charge in [-0.15, -0.1) is 0 Å². The van der Waals surface area contributed by atoms with Gasteiger partial charge in [-0.3, -0.25) is 0 Å². The number of hydrogen-bond donors (Lipinski definition) is 2. The number of benzene rings is 1. The molecule has 0 amide bonds. The Bertz CT molecular complexity index is 600. The molecule has 6 heteroatoms. The van der Waals surface area contributed by atoms with Gasteiger partial charge in [-0.25, -0.2) is 14.6 Å². The number of carbonyl (C=O) groups is 2. The highest BCUT2D eigenvalue weighted by Crippen LogP contribution is 2.16. The van der Waals surface area contributed by atoms with Gasteiger partial charge in [0.15, 0.2) is 0 Å². The van der Waals surface area contributed by atoms with Gasteiger partial charge in [0.1, 0.15) is 0 Å². The predicted octanol–water partition coefficient (Wildman–Crippen LogP) is 0.970. The average Bonchev–Trinajstić information content (AvgIpc) is 2.56. The van der Waals surface area contributed by atoms with Gasteiger partial charge >= 0.3 is 11.9 Å². The summed E-state index contributed by atoms with van der Waals surface area (Å²) in [5.41, 5.74) is 1.05. The fraction of sp³-hybridized carbons (Fsp3) is 0.100. The van der Waals surface area contributed by atoms with Crippen molar-refractivity contribution in [3.8, 4) is 0 Å². The quantitative estimate of drug-likeness (QED) is 0.786. The van der Waals surface area contributed by atoms with E-state index in [4.69, 9.17) is 10.2 Å². The molecule has 0 fully saturated rings. The standard InChI is InChI=1S/C10H8N2O4/c1-12-7-4-5(9(13)14)2-3-6(7)11-8(12)10(15)16/h2-4H,1H3,(H,13,14)(H,15,16). The molecule has 1 heterocycles. The van der Waals surface area contributed by atoms with E-state index in [0.29, 0.717) is 11.0 Å². The second-order valence-corrected chi connectivity index (χ2v) is 3.31. The number of imidazole rings is 1. The smallest absolute Gasteiger partial charge is 0.372 e. The van der Waals surface area contributed by atoms with Gasteiger partial charge in [-0.2, -0.15) is 0 Å². The Kier molecular flexibility index (Phi) is 2.12. The molecular formula is C10H8N2O4. The number of aromatic nitrogens is 2. The molecule has 0 atom stereocenters. The summed E-state index contributed by atoms with van der Waals surface area (Å²) in [4.78, 5) is 25.4. The SMILES string of the molecule is Cn1c(C(=O)O)nc2ccc(C(=O)O)cc21. The Hall–Kier alpha value is -2.37. The van der Waals surface area contributed by atoms with Crippen LogP contribution in [0.2, 0.25) is 0 Å². The number of fused-ring (bicyclic) bond motifs is 1. The van der Waals surface area contributed by atoms with Gasteiger partial charge in [0.25, 0.3) is 0 Å². The number of rotatable bonds is 2. The molecule has 6 nitrogen and oxygen atoms in total. The van der Waals surface area contributed by atoms with Crippen molar-refractivity contribution in [2.24, 2.45) is 7.05 Å². The van der Waals surface area contributed by atoms with Crippen LogP contribution in [0.25, 0.3) is 11.0 Å². The molecule has 82 valence electrons. The van der Waals surface area contributed by atoms with E-state index >= 15 is 0 Å². The number of hydrogen-bond acceptors (Lipinski definition) is 3. The first-order chi connectivity index (χ1) is 7.50. The van der Waals surface area contributed by atoms with E-state index in [2.05, 4.69) is 4.98 Å². The summed E-state index contributed by atoms with van der Waals surface area (Å²) in [6.45, 7) is 0. The predicted molar refractivity (Wildman–Crippen MR) is 54.6 cm³/mol. The topological polar surface area (TPSA) is 92.4 Å². The minimum atomic E-state index is -1.14. The van der Waals surface area contributed by atoms with Crippen LogP contribution in [-0.2, 0) is 7.05 Å². The molecule has 0 spiro atoms. The lowest BCUT2D eigenvalue weighted by molar-refractivity contribution is 0.0675. The van der Waals surface area contributed by atoms with Crippen LogP contribution in [0.4, 0.5) is 0 Å². The zero-order valence-corrected chi connectivity index (χ0v) is 8.34. The van der Waals surface area contributed by atoms with Gasteiger partial charge in [-0.1, -0.05) is 0 Å². The lowest BCUT2D eigenvalue weighted by Gasteiger charge is -1.98. The van der Waals surface area contributed by atoms with E-state index in [1.165, 1.54) is 29.8 Å². The summed E-state index contributed by atoms with van der Waals surface area (Å²) in [6.07, 6.45) is 0. The van der Waals surface area contributed by atoms with Crippen molar-refractivity contribution in [3.63, 3.8) is 0 Å². The summed E-state index contributed by atoms with van der Waals surface area (Å²) in [6, 6.07) is 4.28. The Labute approximate surface area is 89.8 Å². The molecule has 0 radical (unpaired) electrons. The van der Waals surface area contributed by atoms with E-state index in [0.717, 1.165) is 0 Å². The lowest BCUT2D eigenvalue weighted by Crippen LogP contribution is -2.05. The average molecular weight is 220 g/mol. The van der Waals surface area contributed by atoms with Crippen LogP contribution >= 0.6 is 0 Å². The molecule has 0 unspecified atom stereocenters. The molecule has 0 saturated carbocycles. The summed E-state index contributed by atoms with van der Waals surface area (Å²) >= 11 is 0. The summed E-state index contributed by atoms with van der Waals surface area (Å²) < 4.78 is 1.35. The largest absolute Gasteiger partial charge is 0.478 e. The van der Waals surface area contributed by atoms with Crippen LogP contribution in [-0.4, -0.2) is 31.7 Å². The molecule has 0 saturated heterocycles. The highest BCUT2D eigenvalue weighted by molar-refractivity contribution is 5.95. The minimum Gasteiger partial charge on any atom is -0.478 e. The highest BCUT2D eigenvalue weighted by Gasteiger charge is 2.15. The third-order valence-electron chi connectivity index (χ3n) is 2.32. The van der Waals surface area contributed by atoms with Crippen LogP contribution in [0.15, 0.2) is 18.2 Å². The molecule has 1 aromatic carbocycles. The first kappa shape index (κ1) is 10.2. The van der Waals surface area contributed by atoms with Crippen molar-refractivity contribution >= 4 is 23.0 Å². The molecular weight excluding hydrogens is 212 g/mol. The Morgan fingerprint density at radius 3 is 2.50 bits per heavy atom. The zero-order valence-electron chi connectivity index (χ0n) is 8.34. The van der Waals surface area contributed by atoms with Crippen LogP contribution in [0, 0.1) is 0 Å². The molecule has 0 bridgehead atoms. The van der Waals surface area contributed by atoms with E-state index in [-0.39, 0.29) is 11.4 Å². The van der Waals surface area contributed by atoms with E-state index < -0.39 is 11.9 Å². The number of carboxylic acid groups (broad SMARTS) is 2. The fourth-order valence-corrected chi connectivity index (χ4v) is 1.51. The molecule has 2 N–H and O–H groups in total. The Morgan fingerprint density at radius 2 is 1.94 bits per heavy atom. The number of aryl methyl sites for hydroxylation is 1. The van der Waals surface area contributed by atoms with E-state index in [1.54, 1.807) is 0 Å². The molecule has 1 aromatic heterocycles. The molecule has 16 heavy (non-hydrogen) atoms. The first-order valence-corrected chi connectivity index (χ1v) is 4.44. The minimum absolute atomic E-state index is 0.104. The summed E-state index contributed by atoms with van der Waals surface area (Å²) in [5, 5.41) is 17.7. The number of aromatic carboxylic acids is 2. The second kappa shape index (κ2) is 3.34. The molecule has 2 rings (SSSR count). The van der Waals surface area contributed by atoms with Crippen LogP contribution < -0.4 is 0 Å². The summed E-state index contributed by atoms with van der Waals surface area (Å²) in [5.74, 6) is -2.31. The van der Waals surface area contributed by atoms with Crippen LogP contribution in [0.1, 0.15) is 21.0 Å². The van der Waals surface area contributed by atoms with Gasteiger partial charge in [0, 0.05) is 7.05 Å². The fourth-order valence-electron chi connectivity index (χ4n) is 1.51. The maximum Gasteiger partial charge on any atom is 0.372 e. The highest BCUT2D eigenvalue weighted by atomic mass is 16.4. The van der Waals surface area contributed by atoms with Crippen molar-refractivity contribution in [1.29, 1.82) is 0 Å². The third-order valence-corrected chi connectivity index (χ3v) is 2.32. The lowest BCUT2D eigenvalue weighted by atomic mass is 10.2. The molecule has 0 aliphatic rings. The van der Waals surface area contributed by atoms with E-state index in [9.17, 15) is 9.59 Å². The monoisotopic (exact) mass is 220 g/mol. The number of nitrogens with zero attached hydrogens (tertiary/aromatic N) is 2. The number of carboxylic acids is 2. The van der Waals surface area contributed by atoms with Crippen LogP contribution in [0.5, 0.6) is 0 Å². The van der Waals surface area contributed by atoms with Crippen molar-refractivity contribution in [2.75, 3.05) is 0 Å². The van der Waals surface area contributed by atoms with Crippen molar-refractivity contribution < 1.29 is 19.8 Å². The zero-order chi connectivity index (χ0) is 11.9. The Balaban J connectivity index is 2.73. The normalized spacial score (nSPS) is 10.6. The Morgan fingerprint density at radius 1 is 1.25 bits per heavy atom. The van der Waals surface area contributed by atoms with Gasteiger partial charge in [0.05, 0.1) is 16.6 Å². The molecule has 0 aliphatic heterocycles. The second-order valence-electron chi connectivity index (χ2n) is 3.31. The van der Waals surface area contributed by atoms with E-state index in [1.807, 2.05) is 0 Å². The maximum atomic E-state index is 10.8.